The number of hydrogen-bond donors (Lipinski definition) is 0. The fraction of sp³-hybridized carbons (Fsp3) is 0.385. The topological polar surface area (TPSA) is 108 Å². The summed E-state index contributed by atoms with van der Waals surface area (Å²) in [6.07, 6.45) is -1.01. The molecule has 1 heterocycles. The van der Waals surface area contributed by atoms with E-state index in [4.69, 9.17) is 18.9 Å². The molecule has 3 atom stereocenters. The number of carbonyl (C=O) groups is 4. The van der Waals surface area contributed by atoms with Crippen LogP contribution in [-0.4, -0.2) is 62.1 Å². The zero-order valence-electron chi connectivity index (χ0n) is 20.0. The Morgan fingerprint density at radius 3 is 2.23 bits per heavy atom. The lowest BCUT2D eigenvalue weighted by Gasteiger charge is -2.25. The third kappa shape index (κ3) is 6.17. The SMILES string of the molecule is CCOC(=O)[C@@H]1[C@@H](CC(=O)OC)[C@@H](C(=O)c2ccc(OC)cc2)CN1C(=O)OCc1ccccc1. The number of benzene rings is 2. The first kappa shape index (κ1) is 25.7. The van der Waals surface area contributed by atoms with Gasteiger partial charge in [-0.1, -0.05) is 30.3 Å². The van der Waals surface area contributed by atoms with Gasteiger partial charge in [-0.15, -0.1) is 0 Å². The van der Waals surface area contributed by atoms with E-state index in [1.807, 2.05) is 18.2 Å². The summed E-state index contributed by atoms with van der Waals surface area (Å²) in [5, 5.41) is 0. The Bertz CT molecular complexity index is 1040. The van der Waals surface area contributed by atoms with Crippen molar-refractivity contribution in [3.8, 4) is 5.75 Å². The van der Waals surface area contributed by atoms with Gasteiger partial charge >= 0.3 is 18.0 Å². The van der Waals surface area contributed by atoms with Crippen LogP contribution in [0.2, 0.25) is 0 Å². The molecule has 1 aliphatic rings. The van der Waals surface area contributed by atoms with Crippen molar-refractivity contribution in [3.05, 3.63) is 65.7 Å². The van der Waals surface area contributed by atoms with E-state index in [9.17, 15) is 19.2 Å². The average Bonchev–Trinajstić information content (AvgIpc) is 3.26. The molecule has 2 aromatic rings. The molecule has 1 saturated heterocycles. The van der Waals surface area contributed by atoms with E-state index < -0.39 is 35.9 Å². The Hall–Kier alpha value is -3.88. The molecule has 186 valence electrons. The van der Waals surface area contributed by atoms with E-state index in [0.717, 1.165) is 5.56 Å². The standard InChI is InChI=1S/C26H29NO8/c1-4-34-25(30)23-20(14-22(28)33-3)21(24(29)18-10-12-19(32-2)13-11-18)15-27(23)26(31)35-16-17-8-6-5-7-9-17/h5-13,20-21,23H,4,14-16H2,1-3H3/t20-,21-,23-/m0/s1. The summed E-state index contributed by atoms with van der Waals surface area (Å²) in [5.74, 6) is -2.73. The number of rotatable bonds is 9. The summed E-state index contributed by atoms with van der Waals surface area (Å²) >= 11 is 0. The fourth-order valence-corrected chi connectivity index (χ4v) is 4.21. The highest BCUT2D eigenvalue weighted by Gasteiger charge is 2.52. The Kier molecular flexibility index (Phi) is 8.83. The van der Waals surface area contributed by atoms with Crippen molar-refractivity contribution in [2.75, 3.05) is 27.4 Å². The normalized spacial score (nSPS) is 19.1. The van der Waals surface area contributed by atoms with Gasteiger partial charge in [-0.2, -0.15) is 0 Å². The van der Waals surface area contributed by atoms with Gasteiger partial charge in [-0.25, -0.2) is 9.59 Å². The van der Waals surface area contributed by atoms with Gasteiger partial charge in [0.2, 0.25) is 0 Å². The molecule has 0 bridgehead atoms. The number of esters is 2. The molecule has 0 unspecified atom stereocenters. The first-order valence-corrected chi connectivity index (χ1v) is 11.3. The van der Waals surface area contributed by atoms with E-state index in [0.29, 0.717) is 11.3 Å². The number of likely N-dealkylation sites (tertiary alicyclic amines) is 1. The highest BCUT2D eigenvalue weighted by molar-refractivity contribution is 6.00. The monoisotopic (exact) mass is 483 g/mol. The van der Waals surface area contributed by atoms with Crippen LogP contribution in [0, 0.1) is 11.8 Å². The molecule has 9 nitrogen and oxygen atoms in total. The summed E-state index contributed by atoms with van der Waals surface area (Å²) in [6.45, 7) is 1.60. The molecule has 0 radical (unpaired) electrons. The number of ether oxygens (including phenoxy) is 4. The maximum Gasteiger partial charge on any atom is 0.410 e. The minimum absolute atomic E-state index is 0.00944. The third-order valence-electron chi connectivity index (χ3n) is 5.96. The Labute approximate surface area is 203 Å². The van der Waals surface area contributed by atoms with Gasteiger partial charge in [0.15, 0.2) is 5.78 Å². The predicted octanol–water partition coefficient (Wildman–Crippen LogP) is 3.26. The zero-order valence-corrected chi connectivity index (χ0v) is 20.0. The van der Waals surface area contributed by atoms with Gasteiger partial charge in [0, 0.05) is 23.9 Å². The molecule has 0 aromatic heterocycles. The highest BCUT2D eigenvalue weighted by atomic mass is 16.6. The van der Waals surface area contributed by atoms with E-state index in [1.54, 1.807) is 43.3 Å². The van der Waals surface area contributed by atoms with Gasteiger partial charge in [0.1, 0.15) is 18.4 Å². The van der Waals surface area contributed by atoms with Gasteiger partial charge in [0.05, 0.1) is 27.2 Å². The molecule has 0 N–H and O–H groups in total. The van der Waals surface area contributed by atoms with Crippen LogP contribution in [0.1, 0.15) is 29.3 Å². The van der Waals surface area contributed by atoms with Crippen molar-refractivity contribution < 1.29 is 38.1 Å². The quantitative estimate of drug-likeness (QED) is 0.304. The molecule has 0 aliphatic carbocycles. The first-order valence-electron chi connectivity index (χ1n) is 11.3. The minimum atomic E-state index is -1.18. The third-order valence-corrected chi connectivity index (χ3v) is 5.96. The lowest BCUT2D eigenvalue weighted by Crippen LogP contribution is -2.45. The van der Waals surface area contributed by atoms with Crippen molar-refractivity contribution in [2.24, 2.45) is 11.8 Å². The van der Waals surface area contributed by atoms with E-state index in [1.165, 1.54) is 19.1 Å². The van der Waals surface area contributed by atoms with Gasteiger partial charge in [-0.3, -0.25) is 14.5 Å². The molecule has 1 amide bonds. The Morgan fingerprint density at radius 2 is 1.63 bits per heavy atom. The summed E-state index contributed by atoms with van der Waals surface area (Å²) in [7, 11) is 2.74. The molecule has 1 aliphatic heterocycles. The fourth-order valence-electron chi connectivity index (χ4n) is 4.21. The number of Topliss-reactive ketones (excluding diaryl/α,β-unsaturated/α-hetero) is 1. The first-order chi connectivity index (χ1) is 16.9. The van der Waals surface area contributed by atoms with Crippen LogP contribution in [0.4, 0.5) is 4.79 Å². The van der Waals surface area contributed by atoms with E-state index in [-0.39, 0.29) is 32.0 Å². The number of methoxy groups -OCH3 is 2. The van der Waals surface area contributed by atoms with Crippen LogP contribution >= 0.6 is 0 Å². The lowest BCUT2D eigenvalue weighted by atomic mass is 9.82. The molecular weight excluding hydrogens is 454 g/mol. The van der Waals surface area contributed by atoms with Crippen LogP contribution in [0.5, 0.6) is 5.75 Å². The second-order valence-corrected chi connectivity index (χ2v) is 8.03. The molecular formula is C26H29NO8. The molecule has 2 aromatic carbocycles. The average molecular weight is 484 g/mol. The van der Waals surface area contributed by atoms with Crippen LogP contribution < -0.4 is 4.74 Å². The molecule has 3 rings (SSSR count). The molecule has 0 spiro atoms. The van der Waals surface area contributed by atoms with Crippen LogP contribution in [0.3, 0.4) is 0 Å². The summed E-state index contributed by atoms with van der Waals surface area (Å²) in [5.41, 5.74) is 1.14. The smallest absolute Gasteiger partial charge is 0.410 e. The number of nitrogens with zero attached hydrogens (tertiary/aromatic N) is 1. The summed E-state index contributed by atoms with van der Waals surface area (Å²) < 4.78 is 20.6. The van der Waals surface area contributed by atoms with Crippen LogP contribution in [0.25, 0.3) is 0 Å². The van der Waals surface area contributed by atoms with Gasteiger partial charge in [-0.05, 0) is 36.8 Å². The second kappa shape index (κ2) is 12.0. The summed E-state index contributed by atoms with van der Waals surface area (Å²) in [4.78, 5) is 52.9. The van der Waals surface area contributed by atoms with Crippen molar-refractivity contribution in [2.45, 2.75) is 26.0 Å². The number of hydrogen-bond acceptors (Lipinski definition) is 8. The maximum absolute atomic E-state index is 13.5. The van der Waals surface area contributed by atoms with Gasteiger partial charge in [0.25, 0.3) is 0 Å². The van der Waals surface area contributed by atoms with E-state index >= 15 is 0 Å². The molecule has 1 fully saturated rings. The van der Waals surface area contributed by atoms with Crippen LogP contribution in [-0.2, 0) is 30.4 Å². The van der Waals surface area contributed by atoms with Crippen molar-refractivity contribution >= 4 is 23.8 Å². The molecule has 9 heteroatoms. The predicted molar refractivity (Wildman–Crippen MR) is 125 cm³/mol. The Morgan fingerprint density at radius 1 is 0.943 bits per heavy atom. The number of amides is 1. The zero-order chi connectivity index (χ0) is 25.4. The summed E-state index contributed by atoms with van der Waals surface area (Å²) in [6, 6.07) is 14.4. The lowest BCUT2D eigenvalue weighted by molar-refractivity contribution is -0.150. The van der Waals surface area contributed by atoms with Gasteiger partial charge < -0.3 is 18.9 Å². The maximum atomic E-state index is 13.5. The van der Waals surface area contributed by atoms with Crippen LogP contribution in [0.15, 0.2) is 54.6 Å². The molecule has 35 heavy (non-hydrogen) atoms. The van der Waals surface area contributed by atoms with Crippen molar-refractivity contribution in [1.29, 1.82) is 0 Å². The second-order valence-electron chi connectivity index (χ2n) is 8.03. The number of ketones is 1. The van der Waals surface area contributed by atoms with Crippen molar-refractivity contribution in [3.63, 3.8) is 0 Å². The largest absolute Gasteiger partial charge is 0.497 e. The number of carbonyl (C=O) groups excluding carboxylic acids is 4. The Balaban J connectivity index is 1.91. The molecule has 0 saturated carbocycles. The van der Waals surface area contributed by atoms with E-state index in [2.05, 4.69) is 0 Å². The van der Waals surface area contributed by atoms with Crippen molar-refractivity contribution in [1.82, 2.24) is 4.90 Å². The highest BCUT2D eigenvalue weighted by Crippen LogP contribution is 2.37. The minimum Gasteiger partial charge on any atom is -0.497 e.